The van der Waals surface area contributed by atoms with Gasteiger partial charge in [-0.3, -0.25) is 10.0 Å². The summed E-state index contributed by atoms with van der Waals surface area (Å²) in [6.07, 6.45) is 7.08. The van der Waals surface area contributed by atoms with E-state index in [1.165, 1.54) is 0 Å². The fourth-order valence-corrected chi connectivity index (χ4v) is 3.19. The van der Waals surface area contributed by atoms with E-state index in [2.05, 4.69) is 15.0 Å². The van der Waals surface area contributed by atoms with Gasteiger partial charge < -0.3 is 9.47 Å². The van der Waals surface area contributed by atoms with Gasteiger partial charge in [-0.25, -0.2) is 20.4 Å². The molecule has 0 radical (unpaired) electrons. The maximum Gasteiger partial charge on any atom is 0.243 e. The Bertz CT molecular complexity index is 992. The quantitative estimate of drug-likeness (QED) is 0.297. The second-order valence-electron chi connectivity index (χ2n) is 6.97. The molecule has 0 spiro atoms. The first-order chi connectivity index (χ1) is 14.6. The molecule has 8 nitrogen and oxygen atoms in total. The Kier molecular flexibility index (Phi) is 7.51. The maximum absolute atomic E-state index is 11.0. The van der Waals surface area contributed by atoms with Crippen molar-refractivity contribution in [3.05, 3.63) is 42.5 Å². The van der Waals surface area contributed by atoms with Crippen LogP contribution in [0.4, 0.5) is 0 Å². The topological polar surface area (TPSA) is 106 Å². The van der Waals surface area contributed by atoms with Gasteiger partial charge in [0.15, 0.2) is 0 Å². The predicted octanol–water partition coefficient (Wildman–Crippen LogP) is 3.84. The Labute approximate surface area is 175 Å². The second kappa shape index (κ2) is 10.5. The molecule has 3 aromatic rings. The third-order valence-electron chi connectivity index (χ3n) is 4.86. The van der Waals surface area contributed by atoms with Crippen molar-refractivity contribution in [1.82, 2.24) is 20.4 Å². The summed E-state index contributed by atoms with van der Waals surface area (Å²) in [5.41, 5.74) is 5.24. The number of unbranched alkanes of at least 4 members (excludes halogenated alkanes) is 3. The fourth-order valence-electron chi connectivity index (χ4n) is 3.19. The molecule has 158 valence electrons. The van der Waals surface area contributed by atoms with Crippen LogP contribution in [-0.4, -0.2) is 39.8 Å². The fraction of sp³-hybridized carbons (Fsp3) is 0.364. The number of aryl methyl sites for hydroxylation is 1. The molecule has 2 N–H and O–H groups in total. The molecule has 0 aliphatic carbocycles. The van der Waals surface area contributed by atoms with Gasteiger partial charge in [0.1, 0.15) is 17.6 Å². The zero-order valence-electron chi connectivity index (χ0n) is 17.2. The van der Waals surface area contributed by atoms with E-state index >= 15 is 0 Å². The number of pyridine rings is 1. The van der Waals surface area contributed by atoms with E-state index in [1.807, 2.05) is 31.2 Å². The number of hydroxylamine groups is 1. The summed E-state index contributed by atoms with van der Waals surface area (Å²) in [6.45, 7) is 2.50. The number of nitrogens with zero attached hydrogens (tertiary/aromatic N) is 3. The van der Waals surface area contributed by atoms with Crippen LogP contribution in [0.5, 0.6) is 11.6 Å². The minimum atomic E-state index is -0.349. The van der Waals surface area contributed by atoms with E-state index < -0.39 is 0 Å². The molecule has 0 aliphatic heterocycles. The smallest absolute Gasteiger partial charge is 0.243 e. The van der Waals surface area contributed by atoms with E-state index in [1.54, 1.807) is 25.1 Å². The second-order valence-corrected chi connectivity index (χ2v) is 6.97. The molecule has 1 aromatic carbocycles. The number of ether oxygens (including phenoxy) is 2. The number of rotatable bonds is 10. The minimum absolute atomic E-state index is 0.329. The van der Waals surface area contributed by atoms with E-state index in [0.717, 1.165) is 53.4 Å². The molecule has 0 fully saturated rings. The lowest BCUT2D eigenvalue weighted by atomic mass is 10.0. The maximum atomic E-state index is 11.0. The highest BCUT2D eigenvalue weighted by Crippen LogP contribution is 2.32. The third-order valence-corrected chi connectivity index (χ3v) is 4.86. The number of fused-ring (bicyclic) bond motifs is 1. The van der Waals surface area contributed by atoms with E-state index in [0.29, 0.717) is 24.7 Å². The molecule has 0 saturated heterocycles. The van der Waals surface area contributed by atoms with Crippen molar-refractivity contribution in [2.24, 2.45) is 0 Å². The highest BCUT2D eigenvalue weighted by atomic mass is 16.5. The number of hydrogen-bond acceptors (Lipinski definition) is 7. The Balaban J connectivity index is 1.71. The number of benzene rings is 1. The highest BCUT2D eigenvalue weighted by Gasteiger charge is 2.11. The number of methoxy groups -OCH3 is 1. The number of amides is 1. The van der Waals surface area contributed by atoms with Crippen molar-refractivity contribution >= 4 is 16.8 Å². The Morgan fingerprint density at radius 2 is 1.90 bits per heavy atom. The highest BCUT2D eigenvalue weighted by molar-refractivity contribution is 5.91. The monoisotopic (exact) mass is 410 g/mol. The molecular formula is C22H26N4O4. The zero-order valence-corrected chi connectivity index (χ0v) is 17.2. The average Bonchev–Trinajstić information content (AvgIpc) is 2.78. The Hall–Kier alpha value is -3.26. The standard InChI is InChI=1S/C22H26N4O4/c1-15-18-11-17(16-8-9-21(29-2)23-13-16)12-19(22(18)25-14-24-15)30-10-6-4-3-5-7-20(27)26-28/h8-9,11-14,28H,3-7,10H2,1-2H3,(H,26,27). The molecule has 0 atom stereocenters. The molecular weight excluding hydrogens is 384 g/mol. The van der Waals surface area contributed by atoms with Crippen molar-refractivity contribution < 1.29 is 19.5 Å². The number of carbonyl (C=O) groups is 1. The number of aromatic nitrogens is 3. The zero-order chi connectivity index (χ0) is 21.3. The SMILES string of the molecule is COc1ccc(-c2cc(OCCCCCCC(=O)NO)c3ncnc(C)c3c2)cn1. The first-order valence-electron chi connectivity index (χ1n) is 9.94. The van der Waals surface area contributed by atoms with Gasteiger partial charge in [0.25, 0.3) is 0 Å². The van der Waals surface area contributed by atoms with Crippen molar-refractivity contribution in [3.63, 3.8) is 0 Å². The minimum Gasteiger partial charge on any atom is -0.491 e. The van der Waals surface area contributed by atoms with Crippen molar-refractivity contribution in [3.8, 4) is 22.8 Å². The van der Waals surface area contributed by atoms with Crippen LogP contribution in [0.25, 0.3) is 22.0 Å². The molecule has 2 heterocycles. The van der Waals surface area contributed by atoms with Gasteiger partial charge in [-0.1, -0.05) is 12.8 Å². The predicted molar refractivity (Wildman–Crippen MR) is 113 cm³/mol. The largest absolute Gasteiger partial charge is 0.491 e. The molecule has 3 rings (SSSR count). The van der Waals surface area contributed by atoms with E-state index in [9.17, 15) is 4.79 Å². The Morgan fingerprint density at radius 1 is 1.07 bits per heavy atom. The molecule has 1 amide bonds. The van der Waals surface area contributed by atoms with Crippen LogP contribution in [0.15, 0.2) is 36.8 Å². The van der Waals surface area contributed by atoms with Crippen LogP contribution in [0, 0.1) is 6.92 Å². The van der Waals surface area contributed by atoms with Crippen LogP contribution in [0.1, 0.15) is 37.8 Å². The molecule has 8 heteroatoms. The molecule has 0 bridgehead atoms. The molecule has 0 aliphatic rings. The summed E-state index contributed by atoms with van der Waals surface area (Å²) >= 11 is 0. The number of hydrogen-bond donors (Lipinski definition) is 2. The summed E-state index contributed by atoms with van der Waals surface area (Å²) in [7, 11) is 1.59. The Morgan fingerprint density at radius 3 is 2.63 bits per heavy atom. The van der Waals surface area contributed by atoms with Crippen molar-refractivity contribution in [2.75, 3.05) is 13.7 Å². The molecule has 0 saturated carbocycles. The summed E-state index contributed by atoms with van der Waals surface area (Å²) in [4.78, 5) is 24.0. The summed E-state index contributed by atoms with van der Waals surface area (Å²) in [6, 6.07) is 7.81. The lowest BCUT2D eigenvalue weighted by Crippen LogP contribution is -2.17. The van der Waals surface area contributed by atoms with Gasteiger partial charge in [-0.05, 0) is 43.5 Å². The van der Waals surface area contributed by atoms with E-state index in [-0.39, 0.29) is 5.91 Å². The van der Waals surface area contributed by atoms with Crippen LogP contribution >= 0.6 is 0 Å². The average molecular weight is 410 g/mol. The van der Waals surface area contributed by atoms with Crippen molar-refractivity contribution in [1.29, 1.82) is 0 Å². The van der Waals surface area contributed by atoms with Crippen LogP contribution in [0.2, 0.25) is 0 Å². The summed E-state index contributed by atoms with van der Waals surface area (Å²) < 4.78 is 11.2. The van der Waals surface area contributed by atoms with Gasteiger partial charge in [-0.2, -0.15) is 0 Å². The summed E-state index contributed by atoms with van der Waals surface area (Å²) in [5.74, 6) is 0.924. The summed E-state index contributed by atoms with van der Waals surface area (Å²) in [5, 5.41) is 9.44. The molecule has 0 unspecified atom stereocenters. The number of nitrogens with one attached hydrogen (secondary N) is 1. The lowest BCUT2D eigenvalue weighted by Gasteiger charge is -2.12. The van der Waals surface area contributed by atoms with Gasteiger partial charge in [0, 0.05) is 35.3 Å². The van der Waals surface area contributed by atoms with Crippen LogP contribution in [-0.2, 0) is 4.79 Å². The third kappa shape index (κ3) is 5.42. The first-order valence-corrected chi connectivity index (χ1v) is 9.94. The van der Waals surface area contributed by atoms with Gasteiger partial charge in [0.2, 0.25) is 11.8 Å². The van der Waals surface area contributed by atoms with E-state index in [4.69, 9.17) is 14.7 Å². The van der Waals surface area contributed by atoms with Crippen molar-refractivity contribution in [2.45, 2.75) is 39.0 Å². The van der Waals surface area contributed by atoms with Crippen LogP contribution in [0.3, 0.4) is 0 Å². The lowest BCUT2D eigenvalue weighted by molar-refractivity contribution is -0.129. The van der Waals surface area contributed by atoms with Gasteiger partial charge >= 0.3 is 0 Å². The first kappa shape index (κ1) is 21.4. The molecule has 2 aromatic heterocycles. The van der Waals surface area contributed by atoms with Gasteiger partial charge in [-0.15, -0.1) is 0 Å². The number of carbonyl (C=O) groups excluding carboxylic acids is 1. The van der Waals surface area contributed by atoms with Gasteiger partial charge in [0.05, 0.1) is 13.7 Å². The van der Waals surface area contributed by atoms with Crippen LogP contribution < -0.4 is 15.0 Å². The normalized spacial score (nSPS) is 10.8. The molecule has 30 heavy (non-hydrogen) atoms.